The van der Waals surface area contributed by atoms with Crippen molar-refractivity contribution >= 4 is 11.8 Å². The molecule has 0 radical (unpaired) electrons. The summed E-state index contributed by atoms with van der Waals surface area (Å²) in [6, 6.07) is 18.6. The van der Waals surface area contributed by atoms with Crippen molar-refractivity contribution in [3.63, 3.8) is 0 Å². The van der Waals surface area contributed by atoms with Crippen LogP contribution in [0.2, 0.25) is 0 Å². The summed E-state index contributed by atoms with van der Waals surface area (Å²) >= 11 is 0. The molecule has 1 aliphatic rings. The second-order valence-electron chi connectivity index (χ2n) is 6.61. The van der Waals surface area contributed by atoms with Crippen LogP contribution in [0.4, 0.5) is 0 Å². The van der Waals surface area contributed by atoms with Crippen LogP contribution in [0.5, 0.6) is 0 Å². The molecule has 1 aromatic heterocycles. The second-order valence-corrected chi connectivity index (χ2v) is 6.61. The van der Waals surface area contributed by atoms with E-state index in [0.717, 1.165) is 16.8 Å². The monoisotopic (exact) mass is 361 g/mol. The zero-order valence-electron chi connectivity index (χ0n) is 14.9. The molecule has 1 N–H and O–H groups in total. The molecule has 0 unspecified atom stereocenters. The van der Waals surface area contributed by atoms with Gasteiger partial charge in [-0.2, -0.15) is 0 Å². The molecule has 27 heavy (non-hydrogen) atoms. The van der Waals surface area contributed by atoms with Crippen molar-refractivity contribution in [2.75, 3.05) is 7.05 Å². The smallest absolute Gasteiger partial charge is 0.252 e. The standard InChI is InChI=1S/C21H19N3O3/c1-24(13-15-11-18(23-27-15)14-7-3-2-4-8-14)20(25)12-19-16-9-5-6-10-17(16)21(26)22-19/h2-11,19H,12-13H2,1H3,(H,22,26)/t19-/m0/s1. The Kier molecular flexibility index (Phi) is 4.46. The number of carbonyl (C=O) groups excluding carboxylic acids is 2. The van der Waals surface area contributed by atoms with Gasteiger partial charge in [0.1, 0.15) is 5.69 Å². The molecule has 0 fully saturated rings. The summed E-state index contributed by atoms with van der Waals surface area (Å²) in [5.41, 5.74) is 3.21. The van der Waals surface area contributed by atoms with Gasteiger partial charge in [0.15, 0.2) is 5.76 Å². The first kappa shape index (κ1) is 17.0. The average molecular weight is 361 g/mol. The number of nitrogens with one attached hydrogen (secondary N) is 1. The fourth-order valence-corrected chi connectivity index (χ4v) is 3.27. The molecule has 3 aromatic rings. The van der Waals surface area contributed by atoms with Gasteiger partial charge in [0, 0.05) is 24.2 Å². The van der Waals surface area contributed by atoms with E-state index in [-0.39, 0.29) is 24.3 Å². The van der Waals surface area contributed by atoms with E-state index in [2.05, 4.69) is 10.5 Å². The number of hydrogen-bond acceptors (Lipinski definition) is 4. The SMILES string of the molecule is CN(Cc1cc(-c2ccccc2)no1)C(=O)C[C@@H]1NC(=O)c2ccccc21. The molecule has 1 aliphatic heterocycles. The molecular weight excluding hydrogens is 342 g/mol. The van der Waals surface area contributed by atoms with E-state index in [1.165, 1.54) is 0 Å². The predicted octanol–water partition coefficient (Wildman–Crippen LogP) is 3.17. The number of benzene rings is 2. The van der Waals surface area contributed by atoms with Gasteiger partial charge in [0.05, 0.1) is 19.0 Å². The molecule has 2 heterocycles. The molecular formula is C21H19N3O3. The van der Waals surface area contributed by atoms with Crippen LogP contribution < -0.4 is 5.32 Å². The summed E-state index contributed by atoms with van der Waals surface area (Å²) < 4.78 is 5.37. The Morgan fingerprint density at radius 1 is 1.15 bits per heavy atom. The number of nitrogens with zero attached hydrogens (tertiary/aromatic N) is 2. The molecule has 0 saturated carbocycles. The predicted molar refractivity (Wildman–Crippen MR) is 99.7 cm³/mol. The highest BCUT2D eigenvalue weighted by molar-refractivity contribution is 5.99. The molecule has 2 aromatic carbocycles. The molecule has 4 rings (SSSR count). The Balaban J connectivity index is 1.41. The van der Waals surface area contributed by atoms with Crippen LogP contribution in [0.15, 0.2) is 65.2 Å². The van der Waals surface area contributed by atoms with Gasteiger partial charge in [-0.05, 0) is 11.6 Å². The number of fused-ring (bicyclic) bond motifs is 1. The zero-order valence-corrected chi connectivity index (χ0v) is 14.9. The molecule has 0 bridgehead atoms. The van der Waals surface area contributed by atoms with Crippen molar-refractivity contribution in [3.05, 3.63) is 77.6 Å². The lowest BCUT2D eigenvalue weighted by atomic mass is 10.0. The summed E-state index contributed by atoms with van der Waals surface area (Å²) in [5, 5.41) is 6.94. The van der Waals surface area contributed by atoms with Crippen LogP contribution in [0.25, 0.3) is 11.3 Å². The zero-order chi connectivity index (χ0) is 18.8. The van der Waals surface area contributed by atoms with Crippen LogP contribution in [0.3, 0.4) is 0 Å². The lowest BCUT2D eigenvalue weighted by Gasteiger charge is -2.18. The number of carbonyl (C=O) groups is 2. The quantitative estimate of drug-likeness (QED) is 0.757. The number of rotatable bonds is 5. The Bertz CT molecular complexity index is 981. The van der Waals surface area contributed by atoms with Crippen molar-refractivity contribution in [3.8, 4) is 11.3 Å². The van der Waals surface area contributed by atoms with Crippen LogP contribution in [0.1, 0.15) is 34.1 Å². The summed E-state index contributed by atoms with van der Waals surface area (Å²) in [6.07, 6.45) is 0.207. The normalized spacial score (nSPS) is 15.3. The van der Waals surface area contributed by atoms with Gasteiger partial charge in [-0.25, -0.2) is 0 Å². The minimum atomic E-state index is -0.293. The highest BCUT2D eigenvalue weighted by Crippen LogP contribution is 2.28. The first-order chi connectivity index (χ1) is 13.1. The van der Waals surface area contributed by atoms with Crippen molar-refractivity contribution in [2.45, 2.75) is 19.0 Å². The minimum Gasteiger partial charge on any atom is -0.359 e. The van der Waals surface area contributed by atoms with Gasteiger partial charge in [-0.3, -0.25) is 9.59 Å². The van der Waals surface area contributed by atoms with E-state index in [1.54, 1.807) is 18.0 Å². The van der Waals surface area contributed by atoms with Gasteiger partial charge in [-0.15, -0.1) is 0 Å². The van der Waals surface area contributed by atoms with E-state index in [9.17, 15) is 9.59 Å². The van der Waals surface area contributed by atoms with Gasteiger partial charge < -0.3 is 14.7 Å². The Morgan fingerprint density at radius 2 is 1.89 bits per heavy atom. The Morgan fingerprint density at radius 3 is 2.70 bits per heavy atom. The maximum absolute atomic E-state index is 12.6. The highest BCUT2D eigenvalue weighted by atomic mass is 16.5. The fraction of sp³-hybridized carbons (Fsp3) is 0.190. The third-order valence-corrected chi connectivity index (χ3v) is 4.71. The molecule has 0 saturated heterocycles. The Hall–Kier alpha value is -3.41. The molecule has 6 heteroatoms. The van der Waals surface area contributed by atoms with Crippen molar-refractivity contribution in [1.82, 2.24) is 15.4 Å². The minimum absolute atomic E-state index is 0.0744. The summed E-state index contributed by atoms with van der Waals surface area (Å²) in [4.78, 5) is 26.2. The number of amides is 2. The van der Waals surface area contributed by atoms with Gasteiger partial charge in [-0.1, -0.05) is 53.7 Å². The van der Waals surface area contributed by atoms with Gasteiger partial charge >= 0.3 is 0 Å². The van der Waals surface area contributed by atoms with E-state index in [4.69, 9.17) is 4.52 Å². The summed E-state index contributed by atoms with van der Waals surface area (Å²) in [7, 11) is 1.72. The first-order valence-electron chi connectivity index (χ1n) is 8.76. The average Bonchev–Trinajstić information content (AvgIpc) is 3.28. The van der Waals surface area contributed by atoms with Crippen LogP contribution >= 0.6 is 0 Å². The van der Waals surface area contributed by atoms with E-state index in [0.29, 0.717) is 17.9 Å². The molecule has 0 aliphatic carbocycles. The number of aromatic nitrogens is 1. The third kappa shape index (κ3) is 3.46. The second kappa shape index (κ2) is 7.07. The van der Waals surface area contributed by atoms with Crippen LogP contribution in [0, 0.1) is 0 Å². The maximum atomic E-state index is 12.6. The van der Waals surface area contributed by atoms with Gasteiger partial charge in [0.25, 0.3) is 5.91 Å². The van der Waals surface area contributed by atoms with E-state index < -0.39 is 0 Å². The number of hydrogen-bond donors (Lipinski definition) is 1. The molecule has 0 spiro atoms. The molecule has 6 nitrogen and oxygen atoms in total. The molecule has 136 valence electrons. The lowest BCUT2D eigenvalue weighted by molar-refractivity contribution is -0.131. The Labute approximate surface area is 156 Å². The summed E-state index contributed by atoms with van der Waals surface area (Å²) in [6.45, 7) is 0.320. The summed E-state index contributed by atoms with van der Waals surface area (Å²) in [5.74, 6) is 0.406. The first-order valence-corrected chi connectivity index (χ1v) is 8.76. The lowest BCUT2D eigenvalue weighted by Crippen LogP contribution is -2.30. The van der Waals surface area contributed by atoms with Gasteiger partial charge in [0.2, 0.25) is 5.91 Å². The van der Waals surface area contributed by atoms with Crippen molar-refractivity contribution in [2.24, 2.45) is 0 Å². The van der Waals surface area contributed by atoms with E-state index in [1.807, 2.05) is 54.6 Å². The maximum Gasteiger partial charge on any atom is 0.252 e. The topological polar surface area (TPSA) is 75.4 Å². The third-order valence-electron chi connectivity index (χ3n) is 4.71. The van der Waals surface area contributed by atoms with E-state index >= 15 is 0 Å². The van der Waals surface area contributed by atoms with Crippen LogP contribution in [-0.4, -0.2) is 28.9 Å². The highest BCUT2D eigenvalue weighted by Gasteiger charge is 2.30. The largest absolute Gasteiger partial charge is 0.359 e. The van der Waals surface area contributed by atoms with Crippen LogP contribution in [-0.2, 0) is 11.3 Å². The van der Waals surface area contributed by atoms with Crippen molar-refractivity contribution in [1.29, 1.82) is 0 Å². The van der Waals surface area contributed by atoms with Crippen molar-refractivity contribution < 1.29 is 14.1 Å². The fourth-order valence-electron chi connectivity index (χ4n) is 3.27. The molecule has 1 atom stereocenters. The molecule has 2 amide bonds.